The molecule has 0 saturated heterocycles. The van der Waals surface area contributed by atoms with E-state index in [0.717, 1.165) is 24.8 Å². The van der Waals surface area contributed by atoms with Gasteiger partial charge in [0.25, 0.3) is 0 Å². The highest BCUT2D eigenvalue weighted by Crippen LogP contribution is 2.42. The molecule has 0 bridgehead atoms. The minimum Gasteiger partial charge on any atom is -0.339 e. The standard InChI is InChI=1S/C14H16FN3O/c15-11-4-2-10(3-5-11)13-17-12(19-18-13)8-14(9-16)6-1-7-14/h2-5H,1,6-9,16H2. The normalized spacial score (nSPS) is 17.2. The first-order valence-corrected chi connectivity index (χ1v) is 6.49. The van der Waals surface area contributed by atoms with E-state index < -0.39 is 0 Å². The molecule has 0 amide bonds. The predicted molar refractivity (Wildman–Crippen MR) is 68.7 cm³/mol. The summed E-state index contributed by atoms with van der Waals surface area (Å²) in [5.74, 6) is 0.843. The van der Waals surface area contributed by atoms with Gasteiger partial charge < -0.3 is 10.3 Å². The summed E-state index contributed by atoms with van der Waals surface area (Å²) in [7, 11) is 0. The molecule has 19 heavy (non-hydrogen) atoms. The summed E-state index contributed by atoms with van der Waals surface area (Å²) in [6.45, 7) is 0.654. The van der Waals surface area contributed by atoms with Crippen LogP contribution in [0.5, 0.6) is 0 Å². The quantitative estimate of drug-likeness (QED) is 0.918. The van der Waals surface area contributed by atoms with Gasteiger partial charge in [0.2, 0.25) is 11.7 Å². The first-order chi connectivity index (χ1) is 9.21. The van der Waals surface area contributed by atoms with Crippen molar-refractivity contribution in [2.45, 2.75) is 25.7 Å². The highest BCUT2D eigenvalue weighted by Gasteiger charge is 2.37. The van der Waals surface area contributed by atoms with Crippen LogP contribution in [0.2, 0.25) is 0 Å². The van der Waals surface area contributed by atoms with E-state index in [1.54, 1.807) is 12.1 Å². The van der Waals surface area contributed by atoms with Crippen LogP contribution in [-0.4, -0.2) is 16.7 Å². The Hall–Kier alpha value is -1.75. The monoisotopic (exact) mass is 261 g/mol. The highest BCUT2D eigenvalue weighted by molar-refractivity contribution is 5.53. The molecule has 1 fully saturated rings. The van der Waals surface area contributed by atoms with Gasteiger partial charge in [-0.2, -0.15) is 4.98 Å². The molecule has 4 nitrogen and oxygen atoms in total. The Morgan fingerprint density at radius 3 is 2.58 bits per heavy atom. The molecule has 3 rings (SSSR count). The van der Waals surface area contributed by atoms with Crippen molar-refractivity contribution in [3.63, 3.8) is 0 Å². The van der Waals surface area contributed by atoms with Crippen LogP contribution in [0, 0.1) is 11.2 Å². The van der Waals surface area contributed by atoms with Crippen molar-refractivity contribution in [2.75, 3.05) is 6.54 Å². The van der Waals surface area contributed by atoms with Gasteiger partial charge in [0, 0.05) is 12.0 Å². The third kappa shape index (κ3) is 2.38. The van der Waals surface area contributed by atoms with Crippen LogP contribution in [0.25, 0.3) is 11.4 Å². The maximum atomic E-state index is 12.9. The molecule has 0 atom stereocenters. The average Bonchev–Trinajstić information content (AvgIpc) is 2.83. The van der Waals surface area contributed by atoms with Crippen LogP contribution >= 0.6 is 0 Å². The molecule has 2 aromatic rings. The zero-order chi connectivity index (χ0) is 13.3. The number of rotatable bonds is 4. The second-order valence-corrected chi connectivity index (χ2v) is 5.25. The van der Waals surface area contributed by atoms with Crippen molar-refractivity contribution in [3.8, 4) is 11.4 Å². The zero-order valence-corrected chi connectivity index (χ0v) is 10.6. The van der Waals surface area contributed by atoms with E-state index in [1.165, 1.54) is 18.6 Å². The van der Waals surface area contributed by atoms with Crippen LogP contribution in [-0.2, 0) is 6.42 Å². The molecule has 0 radical (unpaired) electrons. The Bertz CT molecular complexity index is 555. The summed E-state index contributed by atoms with van der Waals surface area (Å²) in [5.41, 5.74) is 6.72. The van der Waals surface area contributed by atoms with E-state index in [4.69, 9.17) is 10.3 Å². The van der Waals surface area contributed by atoms with E-state index in [2.05, 4.69) is 10.1 Å². The van der Waals surface area contributed by atoms with E-state index >= 15 is 0 Å². The lowest BCUT2D eigenvalue weighted by molar-refractivity contribution is 0.129. The average molecular weight is 261 g/mol. The molecule has 0 unspecified atom stereocenters. The molecule has 1 aromatic heterocycles. The Morgan fingerprint density at radius 2 is 2.00 bits per heavy atom. The van der Waals surface area contributed by atoms with Gasteiger partial charge in [-0.1, -0.05) is 11.6 Å². The van der Waals surface area contributed by atoms with E-state index in [-0.39, 0.29) is 11.2 Å². The number of hydrogen-bond acceptors (Lipinski definition) is 4. The number of benzene rings is 1. The second kappa shape index (κ2) is 4.74. The van der Waals surface area contributed by atoms with E-state index in [9.17, 15) is 4.39 Å². The first-order valence-electron chi connectivity index (χ1n) is 6.49. The Labute approximate surface area is 110 Å². The van der Waals surface area contributed by atoms with Gasteiger partial charge in [0.05, 0.1) is 0 Å². The predicted octanol–water partition coefficient (Wildman–Crippen LogP) is 2.55. The van der Waals surface area contributed by atoms with E-state index in [0.29, 0.717) is 18.3 Å². The first kappa shape index (κ1) is 12.3. The van der Waals surface area contributed by atoms with Crippen molar-refractivity contribution in [2.24, 2.45) is 11.1 Å². The van der Waals surface area contributed by atoms with Crippen LogP contribution < -0.4 is 5.73 Å². The summed E-state index contributed by atoms with van der Waals surface area (Å²) in [6, 6.07) is 6.06. The van der Waals surface area contributed by atoms with Crippen LogP contribution in [0.3, 0.4) is 0 Å². The molecule has 1 saturated carbocycles. The summed E-state index contributed by atoms with van der Waals surface area (Å²) in [6.07, 6.45) is 4.20. The number of hydrogen-bond donors (Lipinski definition) is 1. The van der Waals surface area contributed by atoms with Gasteiger partial charge in [-0.3, -0.25) is 0 Å². The maximum absolute atomic E-state index is 12.9. The van der Waals surface area contributed by atoms with Gasteiger partial charge in [-0.25, -0.2) is 4.39 Å². The molecule has 100 valence electrons. The minimum absolute atomic E-state index is 0.145. The molecule has 5 heteroatoms. The minimum atomic E-state index is -0.274. The topological polar surface area (TPSA) is 64.9 Å². The van der Waals surface area contributed by atoms with E-state index in [1.807, 2.05) is 0 Å². The largest absolute Gasteiger partial charge is 0.339 e. The SMILES string of the molecule is NCC1(Cc2nc(-c3ccc(F)cc3)no2)CCC1. The molecular weight excluding hydrogens is 245 g/mol. The summed E-state index contributed by atoms with van der Waals surface area (Å²) >= 11 is 0. The third-order valence-corrected chi connectivity index (χ3v) is 3.94. The Balaban J connectivity index is 1.77. The molecule has 1 aliphatic carbocycles. The van der Waals surface area contributed by atoms with Crippen molar-refractivity contribution < 1.29 is 8.91 Å². The molecule has 1 aromatic carbocycles. The zero-order valence-electron chi connectivity index (χ0n) is 10.6. The van der Waals surface area contributed by atoms with Crippen LogP contribution in [0.1, 0.15) is 25.2 Å². The molecule has 1 aliphatic rings. The highest BCUT2D eigenvalue weighted by atomic mass is 19.1. The molecular formula is C14H16FN3O. The second-order valence-electron chi connectivity index (χ2n) is 5.25. The fourth-order valence-corrected chi connectivity index (χ4v) is 2.49. The van der Waals surface area contributed by atoms with Crippen LogP contribution in [0.15, 0.2) is 28.8 Å². The number of aromatic nitrogens is 2. The van der Waals surface area contributed by atoms with Crippen molar-refractivity contribution in [3.05, 3.63) is 36.0 Å². The third-order valence-electron chi connectivity index (χ3n) is 3.94. The Morgan fingerprint density at radius 1 is 1.26 bits per heavy atom. The molecule has 2 N–H and O–H groups in total. The lowest BCUT2D eigenvalue weighted by Gasteiger charge is -2.39. The van der Waals surface area contributed by atoms with Crippen molar-refractivity contribution in [1.82, 2.24) is 10.1 Å². The Kier molecular flexibility index (Phi) is 3.06. The number of nitrogens with two attached hydrogens (primary N) is 1. The number of nitrogens with zero attached hydrogens (tertiary/aromatic N) is 2. The number of halogens is 1. The fourth-order valence-electron chi connectivity index (χ4n) is 2.49. The fraction of sp³-hybridized carbons (Fsp3) is 0.429. The van der Waals surface area contributed by atoms with Gasteiger partial charge >= 0.3 is 0 Å². The molecule has 0 spiro atoms. The smallest absolute Gasteiger partial charge is 0.227 e. The van der Waals surface area contributed by atoms with Crippen molar-refractivity contribution in [1.29, 1.82) is 0 Å². The van der Waals surface area contributed by atoms with Crippen molar-refractivity contribution >= 4 is 0 Å². The maximum Gasteiger partial charge on any atom is 0.227 e. The van der Waals surface area contributed by atoms with Gasteiger partial charge in [-0.15, -0.1) is 0 Å². The van der Waals surface area contributed by atoms with Gasteiger partial charge in [0.15, 0.2) is 0 Å². The summed E-state index contributed by atoms with van der Waals surface area (Å²) in [4.78, 5) is 4.37. The molecule has 1 heterocycles. The lowest BCUT2D eigenvalue weighted by atomic mass is 9.67. The summed E-state index contributed by atoms with van der Waals surface area (Å²) in [5, 5.41) is 3.94. The van der Waals surface area contributed by atoms with Gasteiger partial charge in [-0.05, 0) is 49.1 Å². The lowest BCUT2D eigenvalue weighted by Crippen LogP contribution is -2.39. The molecule has 0 aliphatic heterocycles. The van der Waals surface area contributed by atoms with Gasteiger partial charge in [0.1, 0.15) is 5.82 Å². The summed E-state index contributed by atoms with van der Waals surface area (Å²) < 4.78 is 18.1. The van der Waals surface area contributed by atoms with Crippen LogP contribution in [0.4, 0.5) is 4.39 Å².